The topological polar surface area (TPSA) is 62.2 Å². The van der Waals surface area contributed by atoms with E-state index in [2.05, 4.69) is 16.9 Å². The minimum absolute atomic E-state index is 0.136. The van der Waals surface area contributed by atoms with E-state index in [4.69, 9.17) is 5.11 Å². The molecule has 2 aromatic rings. The molecule has 126 valence electrons. The van der Waals surface area contributed by atoms with E-state index in [0.29, 0.717) is 5.56 Å². The summed E-state index contributed by atoms with van der Waals surface area (Å²) in [6.07, 6.45) is -2.45. The van der Waals surface area contributed by atoms with E-state index in [-0.39, 0.29) is 12.1 Å². The fourth-order valence-corrected chi connectivity index (χ4v) is 2.12. The number of allylic oxidation sites excluding steroid dienone is 1. The van der Waals surface area contributed by atoms with Crippen molar-refractivity contribution in [1.82, 2.24) is 4.98 Å². The van der Waals surface area contributed by atoms with Crippen molar-refractivity contribution < 1.29 is 27.5 Å². The van der Waals surface area contributed by atoms with Gasteiger partial charge in [-0.2, -0.15) is 13.2 Å². The highest BCUT2D eigenvalue weighted by Gasteiger charge is 2.37. The Morgan fingerprint density at radius 2 is 2.04 bits per heavy atom. The molecule has 4 nitrogen and oxygen atoms in total. The lowest BCUT2D eigenvalue weighted by molar-refractivity contribution is -0.140. The Balaban J connectivity index is 2.61. The van der Waals surface area contributed by atoms with E-state index in [9.17, 15) is 22.4 Å². The number of aromatic nitrogens is 1. The zero-order valence-electron chi connectivity index (χ0n) is 12.2. The number of hydrogen-bond acceptors (Lipinski definition) is 3. The molecule has 1 aromatic carbocycles. The summed E-state index contributed by atoms with van der Waals surface area (Å²) in [6, 6.07) is 4.37. The standard InChI is InChI=1S/C16H12F4N2O2/c1-2-3-9-8-10(17)4-5-12(9)22-13-11(15(23)24)6-7-21-14(13)16(18,19)20/h2,4-8,22H,1,3H2,(H,23,24). The minimum Gasteiger partial charge on any atom is -0.478 e. The van der Waals surface area contributed by atoms with Gasteiger partial charge < -0.3 is 10.4 Å². The molecule has 0 saturated heterocycles. The number of anilines is 2. The lowest BCUT2D eigenvalue weighted by Crippen LogP contribution is -2.15. The van der Waals surface area contributed by atoms with Gasteiger partial charge in [0.1, 0.15) is 5.82 Å². The van der Waals surface area contributed by atoms with Crippen LogP contribution >= 0.6 is 0 Å². The zero-order chi connectivity index (χ0) is 17.9. The first-order chi connectivity index (χ1) is 11.2. The van der Waals surface area contributed by atoms with Crippen LogP contribution in [-0.2, 0) is 12.6 Å². The molecule has 2 rings (SSSR count). The van der Waals surface area contributed by atoms with Gasteiger partial charge in [-0.25, -0.2) is 14.2 Å². The number of hydrogen-bond donors (Lipinski definition) is 2. The number of nitrogens with zero attached hydrogens (tertiary/aromatic N) is 1. The molecule has 0 amide bonds. The van der Waals surface area contributed by atoms with Crippen molar-refractivity contribution in [3.8, 4) is 0 Å². The molecule has 0 spiro atoms. The van der Waals surface area contributed by atoms with Crippen LogP contribution in [-0.4, -0.2) is 16.1 Å². The smallest absolute Gasteiger partial charge is 0.435 e. The maximum absolute atomic E-state index is 13.3. The Morgan fingerprint density at radius 3 is 2.62 bits per heavy atom. The SMILES string of the molecule is C=CCc1cc(F)ccc1Nc1c(C(=O)O)ccnc1C(F)(F)F. The van der Waals surface area contributed by atoms with Crippen LogP contribution in [0, 0.1) is 5.82 Å². The summed E-state index contributed by atoms with van der Waals surface area (Å²) in [4.78, 5) is 14.5. The summed E-state index contributed by atoms with van der Waals surface area (Å²) < 4.78 is 52.7. The molecular weight excluding hydrogens is 328 g/mol. The average Bonchev–Trinajstić information content (AvgIpc) is 2.49. The van der Waals surface area contributed by atoms with Crippen molar-refractivity contribution in [3.63, 3.8) is 0 Å². The van der Waals surface area contributed by atoms with Crippen LogP contribution in [0.1, 0.15) is 21.6 Å². The Bertz CT molecular complexity index is 788. The summed E-state index contributed by atoms with van der Waals surface area (Å²) in [7, 11) is 0. The maximum atomic E-state index is 13.3. The average molecular weight is 340 g/mol. The largest absolute Gasteiger partial charge is 0.478 e. The van der Waals surface area contributed by atoms with Crippen molar-refractivity contribution >= 4 is 17.3 Å². The molecule has 0 fully saturated rings. The van der Waals surface area contributed by atoms with E-state index in [1.54, 1.807) is 0 Å². The lowest BCUT2D eigenvalue weighted by Gasteiger charge is -2.17. The Labute approximate surface area is 134 Å². The van der Waals surface area contributed by atoms with E-state index < -0.39 is 34.9 Å². The number of carboxylic acid groups (broad SMARTS) is 1. The van der Waals surface area contributed by atoms with Crippen LogP contribution in [0.2, 0.25) is 0 Å². The summed E-state index contributed by atoms with van der Waals surface area (Å²) >= 11 is 0. The number of aromatic carboxylic acids is 1. The second-order valence-corrected chi connectivity index (χ2v) is 4.80. The predicted molar refractivity (Wildman–Crippen MR) is 79.8 cm³/mol. The number of alkyl halides is 3. The van der Waals surface area contributed by atoms with Gasteiger partial charge in [0.15, 0.2) is 5.69 Å². The second-order valence-electron chi connectivity index (χ2n) is 4.80. The van der Waals surface area contributed by atoms with Crippen LogP contribution < -0.4 is 5.32 Å². The van der Waals surface area contributed by atoms with Gasteiger partial charge in [-0.1, -0.05) is 6.08 Å². The number of rotatable bonds is 5. The Kier molecular flexibility index (Phi) is 4.87. The number of benzene rings is 1. The Morgan fingerprint density at radius 1 is 1.33 bits per heavy atom. The van der Waals surface area contributed by atoms with Gasteiger partial charge in [0, 0.05) is 11.9 Å². The van der Waals surface area contributed by atoms with Gasteiger partial charge in [-0.05, 0) is 36.2 Å². The van der Waals surface area contributed by atoms with Crippen LogP contribution in [0.15, 0.2) is 43.1 Å². The molecule has 0 unspecified atom stereocenters. The molecule has 0 aliphatic carbocycles. The predicted octanol–water partition coefficient (Wildman–Crippen LogP) is 4.41. The first-order valence-corrected chi connectivity index (χ1v) is 6.70. The molecule has 1 heterocycles. The molecule has 1 aromatic heterocycles. The summed E-state index contributed by atoms with van der Waals surface area (Å²) in [5.41, 5.74) is -2.19. The molecular formula is C16H12F4N2O2. The summed E-state index contributed by atoms with van der Waals surface area (Å²) in [5, 5.41) is 11.6. The highest BCUT2D eigenvalue weighted by molar-refractivity contribution is 5.96. The third-order valence-corrected chi connectivity index (χ3v) is 3.14. The second kappa shape index (κ2) is 6.69. The van der Waals surface area contributed by atoms with Crippen molar-refractivity contribution in [2.75, 3.05) is 5.32 Å². The third kappa shape index (κ3) is 3.70. The van der Waals surface area contributed by atoms with Crippen LogP contribution in [0.3, 0.4) is 0 Å². The monoisotopic (exact) mass is 340 g/mol. The first-order valence-electron chi connectivity index (χ1n) is 6.70. The molecule has 24 heavy (non-hydrogen) atoms. The zero-order valence-corrected chi connectivity index (χ0v) is 12.2. The number of carboxylic acids is 1. The van der Waals surface area contributed by atoms with Gasteiger partial charge >= 0.3 is 12.1 Å². The number of pyridine rings is 1. The van der Waals surface area contributed by atoms with Gasteiger partial charge in [0.25, 0.3) is 0 Å². The molecule has 8 heteroatoms. The quantitative estimate of drug-likeness (QED) is 0.625. The van der Waals surface area contributed by atoms with Crippen molar-refractivity contribution in [3.05, 3.63) is 65.8 Å². The van der Waals surface area contributed by atoms with Gasteiger partial charge in [-0.3, -0.25) is 0 Å². The van der Waals surface area contributed by atoms with E-state index in [0.717, 1.165) is 24.4 Å². The van der Waals surface area contributed by atoms with E-state index >= 15 is 0 Å². The molecule has 0 aliphatic rings. The number of carbonyl (C=O) groups is 1. The number of nitrogens with one attached hydrogen (secondary N) is 1. The lowest BCUT2D eigenvalue weighted by atomic mass is 10.1. The van der Waals surface area contributed by atoms with E-state index in [1.165, 1.54) is 12.1 Å². The fraction of sp³-hybridized carbons (Fsp3) is 0.125. The highest BCUT2D eigenvalue weighted by atomic mass is 19.4. The summed E-state index contributed by atoms with van der Waals surface area (Å²) in [6.45, 7) is 3.50. The molecule has 0 aliphatic heterocycles. The van der Waals surface area contributed by atoms with E-state index in [1.807, 2.05) is 0 Å². The van der Waals surface area contributed by atoms with Crippen molar-refractivity contribution in [1.29, 1.82) is 0 Å². The van der Waals surface area contributed by atoms with Gasteiger partial charge in [0.05, 0.1) is 11.3 Å². The van der Waals surface area contributed by atoms with Crippen LogP contribution in [0.25, 0.3) is 0 Å². The van der Waals surface area contributed by atoms with Gasteiger partial charge in [-0.15, -0.1) is 6.58 Å². The maximum Gasteiger partial charge on any atom is 0.435 e. The van der Waals surface area contributed by atoms with Crippen molar-refractivity contribution in [2.45, 2.75) is 12.6 Å². The van der Waals surface area contributed by atoms with Crippen LogP contribution in [0.5, 0.6) is 0 Å². The molecule has 2 N–H and O–H groups in total. The van der Waals surface area contributed by atoms with Crippen molar-refractivity contribution in [2.24, 2.45) is 0 Å². The normalized spacial score (nSPS) is 11.2. The molecule has 0 radical (unpaired) electrons. The molecule has 0 saturated carbocycles. The Hall–Kier alpha value is -2.90. The minimum atomic E-state index is -4.85. The van der Waals surface area contributed by atoms with Crippen LogP contribution in [0.4, 0.5) is 28.9 Å². The molecule has 0 bridgehead atoms. The highest BCUT2D eigenvalue weighted by Crippen LogP contribution is 2.37. The first kappa shape index (κ1) is 17.5. The number of halogens is 4. The van der Waals surface area contributed by atoms with Gasteiger partial charge in [0.2, 0.25) is 0 Å². The third-order valence-electron chi connectivity index (χ3n) is 3.14. The summed E-state index contributed by atoms with van der Waals surface area (Å²) in [5.74, 6) is -2.11. The molecule has 0 atom stereocenters. The fourth-order valence-electron chi connectivity index (χ4n) is 2.12.